The van der Waals surface area contributed by atoms with Crippen molar-refractivity contribution in [1.82, 2.24) is 20.6 Å². The molecule has 7 heteroatoms. The molecule has 2 N–H and O–H groups in total. The molecule has 0 aliphatic rings. The lowest BCUT2D eigenvalue weighted by atomic mass is 10.1. The lowest BCUT2D eigenvalue weighted by Gasteiger charge is -2.06. The summed E-state index contributed by atoms with van der Waals surface area (Å²) in [6, 6.07) is 16.4. The number of para-hydroxylation sites is 1. The van der Waals surface area contributed by atoms with Gasteiger partial charge in [-0.1, -0.05) is 41.9 Å². The van der Waals surface area contributed by atoms with Crippen LogP contribution in [0.3, 0.4) is 0 Å². The Hall–Kier alpha value is -3.12. The fraction of sp³-hybridized carbons (Fsp3) is 0.0556. The minimum Gasteiger partial charge on any atom is -0.273 e. The van der Waals surface area contributed by atoms with Gasteiger partial charge in [0.25, 0.3) is 5.91 Å². The summed E-state index contributed by atoms with van der Waals surface area (Å²) in [5, 5.41) is 4.75. The molecule has 3 aromatic rings. The average molecular weight is 355 g/mol. The van der Waals surface area contributed by atoms with Crippen molar-refractivity contribution in [2.45, 2.75) is 6.42 Å². The summed E-state index contributed by atoms with van der Waals surface area (Å²) in [6.45, 7) is 0. The molecule has 0 bridgehead atoms. The molecule has 0 atom stereocenters. The van der Waals surface area contributed by atoms with E-state index in [1.165, 1.54) is 6.20 Å². The highest BCUT2D eigenvalue weighted by molar-refractivity contribution is 6.30. The van der Waals surface area contributed by atoms with Crippen molar-refractivity contribution in [1.29, 1.82) is 0 Å². The van der Waals surface area contributed by atoms with Gasteiger partial charge in [0.2, 0.25) is 5.91 Å². The second kappa shape index (κ2) is 7.63. The van der Waals surface area contributed by atoms with Crippen LogP contribution in [0.1, 0.15) is 15.9 Å². The molecule has 6 nitrogen and oxygen atoms in total. The first-order valence-electron chi connectivity index (χ1n) is 7.55. The van der Waals surface area contributed by atoms with Gasteiger partial charge in [-0.3, -0.25) is 20.4 Å². The van der Waals surface area contributed by atoms with Crippen molar-refractivity contribution in [2.75, 3.05) is 0 Å². The van der Waals surface area contributed by atoms with E-state index < -0.39 is 5.91 Å². The summed E-state index contributed by atoms with van der Waals surface area (Å²) in [6.07, 6.45) is 3.17. The topological polar surface area (TPSA) is 76.0 Å². The third-order valence-electron chi connectivity index (χ3n) is 3.46. The van der Waals surface area contributed by atoms with E-state index >= 15 is 0 Å². The van der Waals surface area contributed by atoms with E-state index in [2.05, 4.69) is 16.0 Å². The van der Waals surface area contributed by atoms with Gasteiger partial charge in [-0.15, -0.1) is 0 Å². The number of hydrazine groups is 1. The molecule has 1 heterocycles. The highest BCUT2D eigenvalue weighted by Gasteiger charge is 2.11. The maximum atomic E-state index is 12.1. The van der Waals surface area contributed by atoms with E-state index in [-0.39, 0.29) is 12.3 Å². The molecular weight excluding hydrogens is 340 g/mol. The second-order valence-electron chi connectivity index (χ2n) is 5.31. The second-order valence-corrected chi connectivity index (χ2v) is 5.75. The molecule has 0 aliphatic carbocycles. The molecule has 0 saturated heterocycles. The maximum absolute atomic E-state index is 12.1. The minimum absolute atomic E-state index is 0.140. The van der Waals surface area contributed by atoms with Gasteiger partial charge in [0.05, 0.1) is 23.9 Å². The number of nitrogens with one attached hydrogen (secondary N) is 2. The van der Waals surface area contributed by atoms with Crippen LogP contribution in [0, 0.1) is 0 Å². The van der Waals surface area contributed by atoms with Gasteiger partial charge in [0, 0.05) is 11.2 Å². The molecule has 0 unspecified atom stereocenters. The smallest absolute Gasteiger partial charge is 0.272 e. The van der Waals surface area contributed by atoms with Gasteiger partial charge >= 0.3 is 0 Å². The number of rotatable bonds is 4. The number of aromatic nitrogens is 2. The molecule has 0 spiro atoms. The molecule has 2 amide bonds. The summed E-state index contributed by atoms with van der Waals surface area (Å²) >= 11 is 5.80. The van der Waals surface area contributed by atoms with Crippen LogP contribution < -0.4 is 10.9 Å². The van der Waals surface area contributed by atoms with Gasteiger partial charge in [0.15, 0.2) is 0 Å². The molecule has 25 heavy (non-hydrogen) atoms. The van der Waals surface area contributed by atoms with Crippen molar-refractivity contribution in [3.8, 4) is 5.69 Å². The van der Waals surface area contributed by atoms with Crippen molar-refractivity contribution < 1.29 is 9.59 Å². The van der Waals surface area contributed by atoms with Gasteiger partial charge < -0.3 is 0 Å². The highest BCUT2D eigenvalue weighted by atomic mass is 35.5. The summed E-state index contributed by atoms with van der Waals surface area (Å²) < 4.78 is 1.59. The van der Waals surface area contributed by atoms with Crippen LogP contribution in [-0.4, -0.2) is 21.6 Å². The SMILES string of the molecule is O=C(Cc1ccc(Cl)cc1)NNC(=O)c1cnn(-c2ccccc2)c1. The van der Waals surface area contributed by atoms with E-state index in [0.717, 1.165) is 11.3 Å². The number of benzene rings is 2. The Kier molecular flexibility index (Phi) is 5.11. The zero-order valence-corrected chi connectivity index (χ0v) is 13.9. The minimum atomic E-state index is -0.438. The van der Waals surface area contributed by atoms with Crippen molar-refractivity contribution in [3.05, 3.63) is 83.1 Å². The van der Waals surface area contributed by atoms with Gasteiger partial charge in [-0.2, -0.15) is 5.10 Å². The van der Waals surface area contributed by atoms with Crippen molar-refractivity contribution in [3.63, 3.8) is 0 Å². The third-order valence-corrected chi connectivity index (χ3v) is 3.71. The van der Waals surface area contributed by atoms with Crippen LogP contribution in [0.2, 0.25) is 5.02 Å². The summed E-state index contributed by atoms with van der Waals surface area (Å²) in [5.41, 5.74) is 6.75. The third kappa shape index (κ3) is 4.45. The van der Waals surface area contributed by atoms with Crippen molar-refractivity contribution >= 4 is 23.4 Å². The molecule has 0 aliphatic heterocycles. The van der Waals surface area contributed by atoms with Crippen LogP contribution >= 0.6 is 11.6 Å². The molecule has 3 rings (SSSR count). The number of hydrogen-bond acceptors (Lipinski definition) is 3. The fourth-order valence-electron chi connectivity index (χ4n) is 2.19. The monoisotopic (exact) mass is 354 g/mol. The number of hydrogen-bond donors (Lipinski definition) is 2. The van der Waals surface area contributed by atoms with E-state index in [4.69, 9.17) is 11.6 Å². The first kappa shape index (κ1) is 16.7. The Morgan fingerprint density at radius 2 is 1.72 bits per heavy atom. The first-order valence-corrected chi connectivity index (χ1v) is 7.93. The van der Waals surface area contributed by atoms with Crippen LogP contribution in [-0.2, 0) is 11.2 Å². The van der Waals surface area contributed by atoms with Crippen LogP contribution in [0.5, 0.6) is 0 Å². The predicted octanol–water partition coefficient (Wildman–Crippen LogP) is 2.53. The van der Waals surface area contributed by atoms with Crippen LogP contribution in [0.4, 0.5) is 0 Å². The first-order chi connectivity index (χ1) is 12.1. The Balaban J connectivity index is 1.55. The molecule has 1 aromatic heterocycles. The Morgan fingerprint density at radius 3 is 2.44 bits per heavy atom. The Bertz CT molecular complexity index is 876. The van der Waals surface area contributed by atoms with E-state index in [1.807, 2.05) is 30.3 Å². The zero-order chi connectivity index (χ0) is 17.6. The number of amides is 2. The molecule has 126 valence electrons. The standard InChI is InChI=1S/C18H15ClN4O2/c19-15-8-6-13(7-9-15)10-17(24)21-22-18(25)14-11-20-23(12-14)16-4-2-1-3-5-16/h1-9,11-12H,10H2,(H,21,24)(H,22,25). The quantitative estimate of drug-likeness (QED) is 0.707. The molecule has 2 aromatic carbocycles. The lowest BCUT2D eigenvalue weighted by molar-refractivity contribution is -0.121. The summed E-state index contributed by atoms with van der Waals surface area (Å²) in [4.78, 5) is 24.0. The lowest BCUT2D eigenvalue weighted by Crippen LogP contribution is -2.42. The van der Waals surface area contributed by atoms with Crippen LogP contribution in [0.15, 0.2) is 67.0 Å². The normalized spacial score (nSPS) is 10.3. The maximum Gasteiger partial charge on any atom is 0.272 e. The van der Waals surface area contributed by atoms with Gasteiger partial charge in [-0.05, 0) is 29.8 Å². The van der Waals surface area contributed by atoms with E-state index in [0.29, 0.717) is 10.6 Å². The van der Waals surface area contributed by atoms with Crippen molar-refractivity contribution in [2.24, 2.45) is 0 Å². The molecule has 0 radical (unpaired) electrons. The number of nitrogens with zero attached hydrogens (tertiary/aromatic N) is 2. The summed E-state index contributed by atoms with van der Waals surface area (Å²) in [7, 11) is 0. The van der Waals surface area contributed by atoms with E-state index in [9.17, 15) is 9.59 Å². The fourth-order valence-corrected chi connectivity index (χ4v) is 2.32. The molecule has 0 fully saturated rings. The molecule has 0 saturated carbocycles. The van der Waals surface area contributed by atoms with Gasteiger partial charge in [-0.25, -0.2) is 4.68 Å². The number of halogens is 1. The Morgan fingerprint density at radius 1 is 1.00 bits per heavy atom. The largest absolute Gasteiger partial charge is 0.273 e. The van der Waals surface area contributed by atoms with E-state index in [1.54, 1.807) is 35.1 Å². The average Bonchev–Trinajstić information content (AvgIpc) is 3.13. The summed E-state index contributed by atoms with van der Waals surface area (Å²) in [5.74, 6) is -0.766. The highest BCUT2D eigenvalue weighted by Crippen LogP contribution is 2.10. The Labute approximate surface area is 149 Å². The number of carbonyl (C=O) groups excluding carboxylic acids is 2. The van der Waals surface area contributed by atoms with Gasteiger partial charge in [0.1, 0.15) is 0 Å². The molecular formula is C18H15ClN4O2. The predicted molar refractivity (Wildman–Crippen MR) is 94.3 cm³/mol. The van der Waals surface area contributed by atoms with Crippen LogP contribution in [0.25, 0.3) is 5.69 Å². The zero-order valence-electron chi connectivity index (χ0n) is 13.1. The number of carbonyl (C=O) groups is 2.